The molecule has 0 N–H and O–H groups in total. The SMILES string of the molecule is Cc1ccc(F)cc1S(=O)(=O)N1CCC2(CC1)C[C@H]2c1nnc(-c2ccccc2)o1. The van der Waals surface area contributed by atoms with E-state index in [0.717, 1.165) is 30.9 Å². The zero-order valence-electron chi connectivity index (χ0n) is 16.6. The molecule has 0 unspecified atom stereocenters. The maximum absolute atomic E-state index is 13.6. The minimum atomic E-state index is -3.71. The zero-order chi connectivity index (χ0) is 20.9. The van der Waals surface area contributed by atoms with Crippen LogP contribution >= 0.6 is 0 Å². The van der Waals surface area contributed by atoms with Crippen LogP contribution in [0.15, 0.2) is 57.8 Å². The number of hydrogen-bond donors (Lipinski definition) is 0. The lowest BCUT2D eigenvalue weighted by molar-refractivity contribution is 0.246. The number of piperidine rings is 1. The number of aromatic nitrogens is 2. The van der Waals surface area contributed by atoms with Crippen LogP contribution in [-0.2, 0) is 10.0 Å². The summed E-state index contributed by atoms with van der Waals surface area (Å²) in [5.74, 6) is 0.768. The predicted octanol–water partition coefficient (Wildman–Crippen LogP) is 4.14. The van der Waals surface area contributed by atoms with E-state index in [1.807, 2.05) is 30.3 Å². The molecule has 2 aliphatic rings. The van der Waals surface area contributed by atoms with E-state index in [0.29, 0.717) is 30.4 Å². The van der Waals surface area contributed by atoms with Crippen molar-refractivity contribution in [3.63, 3.8) is 0 Å². The van der Waals surface area contributed by atoms with Gasteiger partial charge in [-0.3, -0.25) is 0 Å². The van der Waals surface area contributed by atoms with Gasteiger partial charge in [0.1, 0.15) is 5.82 Å². The molecule has 0 radical (unpaired) electrons. The van der Waals surface area contributed by atoms with E-state index in [2.05, 4.69) is 10.2 Å². The maximum atomic E-state index is 13.6. The minimum Gasteiger partial charge on any atom is -0.420 e. The quantitative estimate of drug-likeness (QED) is 0.625. The molecule has 1 atom stereocenters. The Morgan fingerprint density at radius 2 is 1.83 bits per heavy atom. The summed E-state index contributed by atoms with van der Waals surface area (Å²) < 4.78 is 47.1. The molecule has 0 bridgehead atoms. The normalized spacial score (nSPS) is 21.1. The molecular weight excluding hydrogens is 405 g/mol. The molecule has 1 aliphatic heterocycles. The highest BCUT2D eigenvalue weighted by Gasteiger charge is 2.59. The second kappa shape index (κ2) is 6.99. The van der Waals surface area contributed by atoms with E-state index in [1.54, 1.807) is 6.92 Å². The van der Waals surface area contributed by atoms with Crippen molar-refractivity contribution in [1.82, 2.24) is 14.5 Å². The highest BCUT2D eigenvalue weighted by Crippen LogP contribution is 2.64. The van der Waals surface area contributed by atoms with Gasteiger partial charge in [0.25, 0.3) is 0 Å². The summed E-state index contributed by atoms with van der Waals surface area (Å²) in [7, 11) is -3.71. The van der Waals surface area contributed by atoms with Gasteiger partial charge in [0.2, 0.25) is 21.8 Å². The summed E-state index contributed by atoms with van der Waals surface area (Å²) in [6, 6.07) is 13.5. The smallest absolute Gasteiger partial charge is 0.247 e. The second-order valence-corrected chi connectivity index (χ2v) is 10.2. The van der Waals surface area contributed by atoms with Crippen LogP contribution in [0.4, 0.5) is 4.39 Å². The van der Waals surface area contributed by atoms with Crippen LogP contribution in [0.3, 0.4) is 0 Å². The average Bonchev–Trinajstić information content (AvgIpc) is 3.21. The van der Waals surface area contributed by atoms with Gasteiger partial charge in [-0.15, -0.1) is 10.2 Å². The largest absolute Gasteiger partial charge is 0.420 e. The summed E-state index contributed by atoms with van der Waals surface area (Å²) in [5.41, 5.74) is 1.46. The van der Waals surface area contributed by atoms with E-state index in [9.17, 15) is 12.8 Å². The highest BCUT2D eigenvalue weighted by molar-refractivity contribution is 7.89. The maximum Gasteiger partial charge on any atom is 0.247 e. The standard InChI is InChI=1S/C22H22FN3O3S/c1-15-7-8-17(23)13-19(15)30(27,28)26-11-9-22(10-12-26)14-18(22)21-25-24-20(29-21)16-5-3-2-4-6-16/h2-8,13,18H,9-12,14H2,1H3/t18-/m0/s1. The second-order valence-electron chi connectivity index (χ2n) is 8.24. The van der Waals surface area contributed by atoms with Crippen molar-refractivity contribution < 1.29 is 17.2 Å². The Balaban J connectivity index is 1.29. The zero-order valence-corrected chi connectivity index (χ0v) is 17.4. The van der Waals surface area contributed by atoms with Crippen LogP contribution < -0.4 is 0 Å². The first-order chi connectivity index (χ1) is 14.4. The molecular formula is C22H22FN3O3S. The molecule has 2 heterocycles. The van der Waals surface area contributed by atoms with Crippen LogP contribution in [0, 0.1) is 18.2 Å². The molecule has 5 rings (SSSR count). The van der Waals surface area contributed by atoms with Crippen molar-refractivity contribution in [3.8, 4) is 11.5 Å². The third-order valence-corrected chi connectivity index (χ3v) is 8.48. The van der Waals surface area contributed by atoms with Crippen molar-refractivity contribution in [1.29, 1.82) is 0 Å². The van der Waals surface area contributed by atoms with Gasteiger partial charge in [-0.2, -0.15) is 4.31 Å². The van der Waals surface area contributed by atoms with Gasteiger partial charge >= 0.3 is 0 Å². The fourth-order valence-electron chi connectivity index (χ4n) is 4.49. The number of rotatable bonds is 4. The molecule has 2 fully saturated rings. The molecule has 6 nitrogen and oxygen atoms in total. The molecule has 2 aromatic carbocycles. The summed E-state index contributed by atoms with van der Waals surface area (Å²) in [5, 5.41) is 8.43. The van der Waals surface area contributed by atoms with Gasteiger partial charge in [-0.25, -0.2) is 12.8 Å². The predicted molar refractivity (Wildman–Crippen MR) is 109 cm³/mol. The molecule has 1 spiro atoms. The van der Waals surface area contributed by atoms with Crippen LogP contribution in [0.25, 0.3) is 11.5 Å². The molecule has 156 valence electrons. The van der Waals surface area contributed by atoms with Crippen molar-refractivity contribution in [3.05, 3.63) is 65.8 Å². The van der Waals surface area contributed by atoms with Crippen LogP contribution in [0.2, 0.25) is 0 Å². The van der Waals surface area contributed by atoms with Gasteiger partial charge in [-0.1, -0.05) is 24.3 Å². The monoisotopic (exact) mass is 427 g/mol. The first kappa shape index (κ1) is 19.4. The molecule has 8 heteroatoms. The van der Waals surface area contributed by atoms with Crippen LogP contribution in [0.5, 0.6) is 0 Å². The lowest BCUT2D eigenvalue weighted by atomic mass is 9.92. The van der Waals surface area contributed by atoms with Crippen LogP contribution in [-0.4, -0.2) is 36.0 Å². The van der Waals surface area contributed by atoms with Crippen molar-refractivity contribution in [2.24, 2.45) is 5.41 Å². The van der Waals surface area contributed by atoms with Gasteiger partial charge in [0.15, 0.2) is 0 Å². The number of aryl methyl sites for hydroxylation is 1. The number of halogens is 1. The Labute approximate surface area is 174 Å². The van der Waals surface area contributed by atoms with E-state index in [4.69, 9.17) is 4.42 Å². The Morgan fingerprint density at radius 3 is 2.57 bits per heavy atom. The van der Waals surface area contributed by atoms with Crippen LogP contribution in [0.1, 0.15) is 36.6 Å². The third kappa shape index (κ3) is 3.24. The van der Waals surface area contributed by atoms with E-state index < -0.39 is 15.8 Å². The molecule has 1 aromatic heterocycles. The number of hydrogen-bond acceptors (Lipinski definition) is 5. The van der Waals surface area contributed by atoms with Crippen molar-refractivity contribution in [2.45, 2.75) is 37.0 Å². The number of benzene rings is 2. The van der Waals surface area contributed by atoms with Gasteiger partial charge in [0.05, 0.1) is 4.90 Å². The fourth-order valence-corrected chi connectivity index (χ4v) is 6.16. The number of nitrogens with zero attached hydrogens (tertiary/aromatic N) is 3. The van der Waals surface area contributed by atoms with Gasteiger partial charge < -0.3 is 4.42 Å². The number of sulfonamides is 1. The topological polar surface area (TPSA) is 76.3 Å². The molecule has 0 amide bonds. The van der Waals surface area contributed by atoms with E-state index in [-0.39, 0.29) is 16.2 Å². The Hall–Kier alpha value is -2.58. The van der Waals surface area contributed by atoms with Crippen molar-refractivity contribution in [2.75, 3.05) is 13.1 Å². The first-order valence-electron chi connectivity index (χ1n) is 10.0. The van der Waals surface area contributed by atoms with E-state index >= 15 is 0 Å². The van der Waals surface area contributed by atoms with Crippen molar-refractivity contribution >= 4 is 10.0 Å². The fraction of sp³-hybridized carbons (Fsp3) is 0.364. The molecule has 1 saturated heterocycles. The summed E-state index contributed by atoms with van der Waals surface area (Å²) in [6.45, 7) is 2.51. The summed E-state index contributed by atoms with van der Waals surface area (Å²) >= 11 is 0. The van der Waals surface area contributed by atoms with E-state index in [1.165, 1.54) is 16.4 Å². The Bertz CT molecular complexity index is 1190. The lowest BCUT2D eigenvalue weighted by Gasteiger charge is -2.32. The Kier molecular flexibility index (Phi) is 4.52. The third-order valence-electron chi connectivity index (χ3n) is 6.44. The summed E-state index contributed by atoms with van der Waals surface area (Å²) in [6.07, 6.45) is 2.39. The minimum absolute atomic E-state index is 0.0174. The lowest BCUT2D eigenvalue weighted by Crippen LogP contribution is -2.39. The molecule has 1 aliphatic carbocycles. The average molecular weight is 428 g/mol. The Morgan fingerprint density at radius 1 is 1.10 bits per heavy atom. The first-order valence-corrected chi connectivity index (χ1v) is 11.5. The molecule has 1 saturated carbocycles. The summed E-state index contributed by atoms with van der Waals surface area (Å²) in [4.78, 5) is 0.0511. The van der Waals surface area contributed by atoms with Gasteiger partial charge in [0, 0.05) is 24.6 Å². The highest BCUT2D eigenvalue weighted by atomic mass is 32.2. The van der Waals surface area contributed by atoms with Gasteiger partial charge in [-0.05, 0) is 61.4 Å². The molecule has 3 aromatic rings. The molecule has 30 heavy (non-hydrogen) atoms.